The minimum atomic E-state index is 0.283. The fraction of sp³-hybridized carbons (Fsp3) is 0. The lowest BCUT2D eigenvalue weighted by Gasteiger charge is -2.12. The van der Waals surface area contributed by atoms with Crippen molar-refractivity contribution < 1.29 is 0 Å². The van der Waals surface area contributed by atoms with Crippen molar-refractivity contribution in [2.75, 3.05) is 11.1 Å². The summed E-state index contributed by atoms with van der Waals surface area (Å²) in [5.41, 5.74) is 7.94. The maximum absolute atomic E-state index is 6.19. The molecule has 0 aliphatic carbocycles. The Morgan fingerprint density at radius 1 is 1.00 bits per heavy atom. The summed E-state index contributed by atoms with van der Waals surface area (Å²) in [5, 5.41) is 4.19. The van der Waals surface area contributed by atoms with E-state index in [4.69, 9.17) is 40.5 Å². The first-order valence-corrected chi connectivity index (χ1v) is 7.21. The van der Waals surface area contributed by atoms with Crippen LogP contribution in [0.5, 0.6) is 0 Å². The predicted octanol–water partition coefficient (Wildman–Crippen LogP) is 5.09. The van der Waals surface area contributed by atoms with Gasteiger partial charge in [-0.15, -0.1) is 0 Å². The lowest BCUT2D eigenvalue weighted by Crippen LogP contribution is -1.97. The molecule has 1 aromatic heterocycles. The van der Waals surface area contributed by atoms with Crippen LogP contribution in [0.4, 0.5) is 28.6 Å². The molecule has 0 saturated carbocycles. The zero-order valence-corrected chi connectivity index (χ0v) is 12.8. The van der Waals surface area contributed by atoms with E-state index >= 15 is 0 Å². The number of benzene rings is 1. The molecule has 1 aromatic carbocycles. The van der Waals surface area contributed by atoms with Crippen LogP contribution < -0.4 is 11.1 Å². The Morgan fingerprint density at radius 3 is 2.50 bits per heavy atom. The van der Waals surface area contributed by atoms with Crippen molar-refractivity contribution >= 4 is 74.7 Å². The molecule has 0 saturated heterocycles. The number of pyridine rings is 1. The molecule has 0 atom stereocenters. The van der Waals surface area contributed by atoms with Gasteiger partial charge in [-0.3, -0.25) is 0 Å². The average molecular weight is 347 g/mol. The smallest absolute Gasteiger partial charge is 0.134 e. The van der Waals surface area contributed by atoms with Crippen molar-refractivity contribution in [2.45, 2.75) is 0 Å². The maximum Gasteiger partial charge on any atom is 0.134 e. The Hall–Kier alpha value is -1.34. The first kappa shape index (κ1) is 13.6. The fourth-order valence-corrected chi connectivity index (χ4v) is 3.08. The van der Waals surface area contributed by atoms with Gasteiger partial charge in [-0.1, -0.05) is 34.8 Å². The molecule has 5 nitrogen and oxygen atoms in total. The highest BCUT2D eigenvalue weighted by Crippen LogP contribution is 2.48. The van der Waals surface area contributed by atoms with E-state index in [0.29, 0.717) is 38.6 Å². The number of nitrogen functional groups attached to an aromatic ring is 1. The van der Waals surface area contributed by atoms with Gasteiger partial charge in [-0.25, -0.2) is 4.98 Å². The van der Waals surface area contributed by atoms with Gasteiger partial charge in [-0.05, 0) is 12.1 Å². The Bertz CT molecular complexity index is 766. The van der Waals surface area contributed by atoms with Crippen LogP contribution in [0.3, 0.4) is 0 Å². The van der Waals surface area contributed by atoms with Gasteiger partial charge < -0.3 is 11.1 Å². The Kier molecular flexibility index (Phi) is 3.55. The standard InChI is InChI=1S/C11H6Cl3N5S/c12-5-3-6(13)10-11(19-20-18-10)9(5)17-8-2-4(15)1-7(14)16-8/h1-3H,(H3,15,16,17). The van der Waals surface area contributed by atoms with Gasteiger partial charge in [0, 0.05) is 11.8 Å². The number of rotatable bonds is 2. The zero-order valence-electron chi connectivity index (χ0n) is 9.69. The molecule has 0 radical (unpaired) electrons. The Morgan fingerprint density at radius 2 is 1.75 bits per heavy atom. The van der Waals surface area contributed by atoms with Crippen molar-refractivity contribution in [3.8, 4) is 0 Å². The summed E-state index contributed by atoms with van der Waals surface area (Å²) in [7, 11) is 0. The van der Waals surface area contributed by atoms with E-state index in [1.807, 2.05) is 0 Å². The van der Waals surface area contributed by atoms with Gasteiger partial charge in [0.25, 0.3) is 0 Å². The summed E-state index contributed by atoms with van der Waals surface area (Å²) in [4.78, 5) is 4.12. The van der Waals surface area contributed by atoms with Crippen LogP contribution in [0.1, 0.15) is 0 Å². The number of fused-ring (bicyclic) bond motifs is 1. The second-order valence-corrected chi connectivity index (χ2v) is 5.64. The normalized spacial score (nSPS) is 12.2. The number of nitrogens with two attached hydrogens (primary N) is 1. The van der Waals surface area contributed by atoms with Crippen LogP contribution in [0, 0.1) is 0 Å². The SMILES string of the molecule is Nc1cc(Cl)nc(Nc2c(Cl)cc(Cl)c3c2N=S=N3)c1. The molecule has 1 aliphatic rings. The molecule has 0 unspecified atom stereocenters. The zero-order chi connectivity index (χ0) is 14.3. The van der Waals surface area contributed by atoms with E-state index < -0.39 is 0 Å². The molecular weight excluding hydrogens is 341 g/mol. The molecule has 3 rings (SSSR count). The van der Waals surface area contributed by atoms with Crippen LogP contribution >= 0.6 is 34.8 Å². The monoisotopic (exact) mass is 345 g/mol. The van der Waals surface area contributed by atoms with E-state index in [9.17, 15) is 0 Å². The lowest BCUT2D eigenvalue weighted by atomic mass is 10.2. The maximum atomic E-state index is 6.19. The van der Waals surface area contributed by atoms with Crippen LogP contribution in [-0.2, 0) is 11.4 Å². The number of hydrogen-bond donors (Lipinski definition) is 2. The average Bonchev–Trinajstić information content (AvgIpc) is 2.82. The number of nitrogens with one attached hydrogen (secondary N) is 1. The minimum Gasteiger partial charge on any atom is -0.399 e. The fourth-order valence-electron chi connectivity index (χ4n) is 1.70. The molecule has 2 aromatic rings. The molecule has 0 fully saturated rings. The molecule has 9 heteroatoms. The molecule has 0 amide bonds. The third-order valence-electron chi connectivity index (χ3n) is 2.51. The second-order valence-electron chi connectivity index (χ2n) is 3.91. The van der Waals surface area contributed by atoms with Crippen molar-refractivity contribution in [3.63, 3.8) is 0 Å². The highest BCUT2D eigenvalue weighted by molar-refractivity contribution is 7.58. The topological polar surface area (TPSA) is 75.7 Å². The van der Waals surface area contributed by atoms with Gasteiger partial charge in [0.15, 0.2) is 0 Å². The van der Waals surface area contributed by atoms with Gasteiger partial charge in [0.05, 0.1) is 27.1 Å². The highest BCUT2D eigenvalue weighted by atomic mass is 35.5. The van der Waals surface area contributed by atoms with Crippen molar-refractivity contribution in [1.29, 1.82) is 0 Å². The summed E-state index contributed by atoms with van der Waals surface area (Å²) in [6.45, 7) is 0. The van der Waals surface area contributed by atoms with Crippen molar-refractivity contribution in [3.05, 3.63) is 33.4 Å². The van der Waals surface area contributed by atoms with E-state index in [-0.39, 0.29) is 5.15 Å². The molecule has 0 spiro atoms. The quantitative estimate of drug-likeness (QED) is 0.634. The number of aromatic nitrogens is 1. The molecule has 1 aliphatic heterocycles. The number of hydrogen-bond acceptors (Lipinski definition) is 5. The molecular formula is C11H6Cl3N5S. The van der Waals surface area contributed by atoms with E-state index in [1.54, 1.807) is 18.2 Å². The lowest BCUT2D eigenvalue weighted by molar-refractivity contribution is 1.31. The van der Waals surface area contributed by atoms with Gasteiger partial charge in [-0.2, -0.15) is 8.73 Å². The summed E-state index contributed by atoms with van der Waals surface area (Å²) >= 11 is 19.2. The number of halogens is 3. The molecule has 0 bridgehead atoms. The van der Waals surface area contributed by atoms with Gasteiger partial charge >= 0.3 is 0 Å². The van der Waals surface area contributed by atoms with Crippen LogP contribution in [-0.4, -0.2) is 4.98 Å². The third kappa shape index (κ3) is 2.47. The minimum absolute atomic E-state index is 0.283. The van der Waals surface area contributed by atoms with Gasteiger partial charge in [0.2, 0.25) is 0 Å². The van der Waals surface area contributed by atoms with E-state index in [0.717, 1.165) is 11.4 Å². The Labute approximate surface area is 132 Å². The van der Waals surface area contributed by atoms with E-state index in [2.05, 4.69) is 19.0 Å². The molecule has 102 valence electrons. The van der Waals surface area contributed by atoms with E-state index in [1.165, 1.54) is 0 Å². The predicted molar refractivity (Wildman–Crippen MR) is 84.9 cm³/mol. The number of nitrogens with zero attached hydrogens (tertiary/aromatic N) is 3. The van der Waals surface area contributed by atoms with Crippen molar-refractivity contribution in [1.82, 2.24) is 4.98 Å². The summed E-state index contributed by atoms with van der Waals surface area (Å²) in [6.07, 6.45) is 0. The third-order valence-corrected chi connectivity index (χ3v) is 3.82. The number of anilines is 3. The van der Waals surface area contributed by atoms with Crippen LogP contribution in [0.15, 0.2) is 26.9 Å². The molecule has 2 heterocycles. The summed E-state index contributed by atoms with van der Waals surface area (Å²) < 4.78 is 8.31. The Balaban J connectivity index is 2.08. The van der Waals surface area contributed by atoms with Gasteiger partial charge in [0.1, 0.15) is 22.3 Å². The van der Waals surface area contributed by atoms with Crippen molar-refractivity contribution in [2.24, 2.45) is 8.73 Å². The summed E-state index contributed by atoms with van der Waals surface area (Å²) in [6, 6.07) is 4.79. The van der Waals surface area contributed by atoms with Crippen LogP contribution in [0.2, 0.25) is 15.2 Å². The van der Waals surface area contributed by atoms with Crippen LogP contribution in [0.25, 0.3) is 0 Å². The largest absolute Gasteiger partial charge is 0.399 e. The second kappa shape index (κ2) is 5.21. The first-order chi connectivity index (χ1) is 9.54. The first-order valence-electron chi connectivity index (χ1n) is 5.35. The summed E-state index contributed by atoms with van der Waals surface area (Å²) in [5.74, 6) is 0.466. The molecule has 20 heavy (non-hydrogen) atoms. The molecule has 3 N–H and O–H groups in total. The highest BCUT2D eigenvalue weighted by Gasteiger charge is 2.19.